The molecule has 0 aromatic heterocycles. The molecule has 23 heavy (non-hydrogen) atoms. The second-order valence-electron chi connectivity index (χ2n) is 5.34. The molecule has 3 rings (SSSR count). The van der Waals surface area contributed by atoms with Crippen LogP contribution in [-0.2, 0) is 23.0 Å². The SMILES string of the molecule is COc1ccc(OC)c(S(=O)(=O)Oc2ccc3c(c2)CCC3)c1. The van der Waals surface area contributed by atoms with Gasteiger partial charge in [0.15, 0.2) is 4.90 Å². The van der Waals surface area contributed by atoms with Crippen LogP contribution in [0.4, 0.5) is 0 Å². The normalized spacial score (nSPS) is 13.5. The predicted molar refractivity (Wildman–Crippen MR) is 85.8 cm³/mol. The maximum atomic E-state index is 12.6. The van der Waals surface area contributed by atoms with Gasteiger partial charge in [0.1, 0.15) is 17.2 Å². The first-order valence-corrected chi connectivity index (χ1v) is 8.72. The Morgan fingerprint density at radius 2 is 1.61 bits per heavy atom. The molecule has 1 aliphatic rings. The van der Waals surface area contributed by atoms with Gasteiger partial charge in [-0.25, -0.2) is 0 Å². The number of fused-ring (bicyclic) bond motifs is 1. The zero-order valence-corrected chi connectivity index (χ0v) is 13.9. The summed E-state index contributed by atoms with van der Waals surface area (Å²) >= 11 is 0. The summed E-state index contributed by atoms with van der Waals surface area (Å²) in [6.07, 6.45) is 3.08. The van der Waals surface area contributed by atoms with Gasteiger partial charge in [-0.15, -0.1) is 0 Å². The molecule has 6 heteroatoms. The summed E-state index contributed by atoms with van der Waals surface area (Å²) in [4.78, 5) is -0.0557. The highest BCUT2D eigenvalue weighted by Gasteiger charge is 2.23. The van der Waals surface area contributed by atoms with Gasteiger partial charge >= 0.3 is 10.1 Å². The van der Waals surface area contributed by atoms with Crippen LogP contribution in [0.3, 0.4) is 0 Å². The number of rotatable bonds is 5. The predicted octanol–water partition coefficient (Wildman–Crippen LogP) is 2.96. The van der Waals surface area contributed by atoms with Gasteiger partial charge in [-0.05, 0) is 54.7 Å². The van der Waals surface area contributed by atoms with Crippen molar-refractivity contribution in [2.75, 3.05) is 14.2 Å². The number of benzene rings is 2. The first kappa shape index (κ1) is 15.7. The van der Waals surface area contributed by atoms with Gasteiger partial charge in [-0.3, -0.25) is 0 Å². The minimum absolute atomic E-state index is 0.0557. The third-order valence-corrected chi connectivity index (χ3v) is 5.19. The van der Waals surface area contributed by atoms with Crippen molar-refractivity contribution in [1.82, 2.24) is 0 Å². The molecule has 0 unspecified atom stereocenters. The summed E-state index contributed by atoms with van der Waals surface area (Å²) < 4.78 is 40.7. The fourth-order valence-electron chi connectivity index (χ4n) is 2.75. The number of ether oxygens (including phenoxy) is 2. The molecule has 0 spiro atoms. The lowest BCUT2D eigenvalue weighted by atomic mass is 10.1. The van der Waals surface area contributed by atoms with Crippen molar-refractivity contribution in [2.45, 2.75) is 24.2 Å². The standard InChI is InChI=1S/C17H18O5S/c1-20-14-8-9-16(21-2)17(11-14)23(18,19)22-15-7-6-12-4-3-5-13(12)10-15/h6-11H,3-5H2,1-2H3. The van der Waals surface area contributed by atoms with Gasteiger partial charge in [0, 0.05) is 6.07 Å². The highest BCUT2D eigenvalue weighted by atomic mass is 32.2. The molecule has 0 amide bonds. The van der Waals surface area contributed by atoms with E-state index in [9.17, 15) is 8.42 Å². The highest BCUT2D eigenvalue weighted by Crippen LogP contribution is 2.32. The highest BCUT2D eigenvalue weighted by molar-refractivity contribution is 7.87. The molecule has 2 aromatic rings. The summed E-state index contributed by atoms with van der Waals surface area (Å²) in [6, 6.07) is 9.98. The van der Waals surface area contributed by atoms with Gasteiger partial charge < -0.3 is 13.7 Å². The maximum absolute atomic E-state index is 12.6. The molecule has 0 atom stereocenters. The summed E-state index contributed by atoms with van der Waals surface area (Å²) in [5.41, 5.74) is 2.41. The second kappa shape index (κ2) is 6.12. The Morgan fingerprint density at radius 3 is 2.35 bits per heavy atom. The Balaban J connectivity index is 1.95. The van der Waals surface area contributed by atoms with Crippen LogP contribution in [0, 0.1) is 0 Å². The largest absolute Gasteiger partial charge is 0.497 e. The Kier molecular flexibility index (Phi) is 4.17. The molecule has 0 bridgehead atoms. The fraction of sp³-hybridized carbons (Fsp3) is 0.294. The maximum Gasteiger partial charge on any atom is 0.343 e. The molecule has 0 N–H and O–H groups in total. The number of methoxy groups -OCH3 is 2. The molecular formula is C17H18O5S. The Labute approximate surface area is 135 Å². The minimum Gasteiger partial charge on any atom is -0.497 e. The third kappa shape index (κ3) is 3.12. The van der Waals surface area contributed by atoms with Crippen molar-refractivity contribution in [1.29, 1.82) is 0 Å². The van der Waals surface area contributed by atoms with Gasteiger partial charge in [0.05, 0.1) is 14.2 Å². The number of hydrogen-bond donors (Lipinski definition) is 0. The first-order valence-electron chi connectivity index (χ1n) is 7.32. The molecule has 0 saturated carbocycles. The van der Waals surface area contributed by atoms with E-state index in [0.29, 0.717) is 11.5 Å². The average molecular weight is 334 g/mol. The molecule has 0 saturated heterocycles. The van der Waals surface area contributed by atoms with E-state index in [-0.39, 0.29) is 10.6 Å². The van der Waals surface area contributed by atoms with E-state index in [1.165, 1.54) is 31.9 Å². The second-order valence-corrected chi connectivity index (χ2v) is 6.85. The van der Waals surface area contributed by atoms with Crippen molar-refractivity contribution < 1.29 is 22.1 Å². The van der Waals surface area contributed by atoms with Gasteiger partial charge in [-0.1, -0.05) is 6.07 Å². The third-order valence-electron chi connectivity index (χ3n) is 3.92. The van der Waals surface area contributed by atoms with Gasteiger partial charge in [0.25, 0.3) is 0 Å². The van der Waals surface area contributed by atoms with Crippen molar-refractivity contribution in [3.05, 3.63) is 47.5 Å². The summed E-state index contributed by atoms with van der Waals surface area (Å²) in [5, 5.41) is 0. The van der Waals surface area contributed by atoms with E-state index in [1.807, 2.05) is 6.07 Å². The lowest BCUT2D eigenvalue weighted by Gasteiger charge is -2.12. The van der Waals surface area contributed by atoms with Crippen molar-refractivity contribution in [3.63, 3.8) is 0 Å². The van der Waals surface area contributed by atoms with Crippen LogP contribution in [0.5, 0.6) is 17.2 Å². The Morgan fingerprint density at radius 1 is 0.870 bits per heavy atom. The first-order chi connectivity index (χ1) is 11.0. The molecular weight excluding hydrogens is 316 g/mol. The molecule has 0 radical (unpaired) electrons. The van der Waals surface area contributed by atoms with Crippen LogP contribution in [-0.4, -0.2) is 22.6 Å². The number of aryl methyl sites for hydroxylation is 2. The van der Waals surface area contributed by atoms with E-state index in [1.54, 1.807) is 18.2 Å². The van der Waals surface area contributed by atoms with Crippen LogP contribution in [0.2, 0.25) is 0 Å². The molecule has 2 aromatic carbocycles. The van der Waals surface area contributed by atoms with E-state index < -0.39 is 10.1 Å². The molecule has 122 valence electrons. The van der Waals surface area contributed by atoms with Crippen LogP contribution in [0.25, 0.3) is 0 Å². The zero-order chi connectivity index (χ0) is 16.4. The van der Waals surface area contributed by atoms with Gasteiger partial charge in [0.2, 0.25) is 0 Å². The van der Waals surface area contributed by atoms with Crippen molar-refractivity contribution >= 4 is 10.1 Å². The molecule has 0 heterocycles. The van der Waals surface area contributed by atoms with E-state index in [2.05, 4.69) is 0 Å². The van der Waals surface area contributed by atoms with Crippen LogP contribution < -0.4 is 13.7 Å². The van der Waals surface area contributed by atoms with E-state index in [4.69, 9.17) is 13.7 Å². The summed E-state index contributed by atoms with van der Waals surface area (Å²) in [7, 11) is -1.13. The van der Waals surface area contributed by atoms with E-state index in [0.717, 1.165) is 24.8 Å². The topological polar surface area (TPSA) is 61.8 Å². The van der Waals surface area contributed by atoms with Crippen molar-refractivity contribution in [3.8, 4) is 17.2 Å². The Bertz CT molecular complexity index is 827. The minimum atomic E-state index is -4.01. The number of hydrogen-bond acceptors (Lipinski definition) is 5. The molecule has 0 fully saturated rings. The van der Waals surface area contributed by atoms with Crippen LogP contribution in [0.1, 0.15) is 17.5 Å². The smallest absolute Gasteiger partial charge is 0.343 e. The monoisotopic (exact) mass is 334 g/mol. The molecule has 5 nitrogen and oxygen atoms in total. The van der Waals surface area contributed by atoms with Gasteiger partial charge in [-0.2, -0.15) is 8.42 Å². The quantitative estimate of drug-likeness (QED) is 0.787. The van der Waals surface area contributed by atoms with Crippen molar-refractivity contribution in [2.24, 2.45) is 0 Å². The molecule has 0 aliphatic heterocycles. The summed E-state index contributed by atoms with van der Waals surface area (Å²) in [5.74, 6) is 0.949. The van der Waals surface area contributed by atoms with E-state index >= 15 is 0 Å². The average Bonchev–Trinajstić information content (AvgIpc) is 3.01. The lowest BCUT2D eigenvalue weighted by molar-refractivity contribution is 0.388. The lowest BCUT2D eigenvalue weighted by Crippen LogP contribution is -2.11. The Hall–Kier alpha value is -2.21. The van der Waals surface area contributed by atoms with Crippen LogP contribution in [0.15, 0.2) is 41.3 Å². The fourth-order valence-corrected chi connectivity index (χ4v) is 3.86. The zero-order valence-electron chi connectivity index (χ0n) is 13.0. The summed E-state index contributed by atoms with van der Waals surface area (Å²) in [6.45, 7) is 0. The molecule has 1 aliphatic carbocycles. The van der Waals surface area contributed by atoms with Crippen LogP contribution >= 0.6 is 0 Å².